The van der Waals surface area contributed by atoms with E-state index < -0.39 is 0 Å². The Bertz CT molecular complexity index is 306. The molecule has 0 radical (unpaired) electrons. The molecule has 0 saturated carbocycles. The molecule has 0 saturated heterocycles. The minimum Gasteiger partial charge on any atom is -0.469 e. The molecule has 0 aliphatic heterocycles. The van der Waals surface area contributed by atoms with E-state index in [1.54, 1.807) is 0 Å². The predicted molar refractivity (Wildman–Crippen MR) is 59.2 cm³/mol. The third kappa shape index (κ3) is 2.58. The summed E-state index contributed by atoms with van der Waals surface area (Å²) in [6, 6.07) is 7.74. The van der Waals surface area contributed by atoms with Crippen LogP contribution in [0.1, 0.15) is 24.8 Å². The van der Waals surface area contributed by atoms with Gasteiger partial charge in [-0.15, -0.1) is 0 Å². The first-order valence-electron chi connectivity index (χ1n) is 4.52. The van der Waals surface area contributed by atoms with Gasteiger partial charge in [0.05, 0.1) is 13.0 Å². The number of carbonyl (C=O) groups is 1. The molecule has 0 bridgehead atoms. The standard InChI is InChI=1S/C11H13BrO2/c1-3-10(11(13)14-2)8-4-6-9(12)7-5-8/h4-7,10H,3H2,1-2H3/t10-/m1/s1. The Balaban J connectivity index is 2.89. The van der Waals surface area contributed by atoms with E-state index in [-0.39, 0.29) is 11.9 Å². The number of hydrogen-bond acceptors (Lipinski definition) is 2. The Morgan fingerprint density at radius 3 is 2.43 bits per heavy atom. The van der Waals surface area contributed by atoms with Gasteiger partial charge in [0.1, 0.15) is 0 Å². The summed E-state index contributed by atoms with van der Waals surface area (Å²) >= 11 is 3.35. The van der Waals surface area contributed by atoms with Crippen LogP contribution in [0.25, 0.3) is 0 Å². The second-order valence-electron chi connectivity index (χ2n) is 3.04. The Morgan fingerprint density at radius 2 is 2.00 bits per heavy atom. The van der Waals surface area contributed by atoms with E-state index in [0.717, 1.165) is 16.5 Å². The second-order valence-corrected chi connectivity index (χ2v) is 3.95. The minimum atomic E-state index is -0.171. The van der Waals surface area contributed by atoms with Gasteiger partial charge in [0.25, 0.3) is 0 Å². The van der Waals surface area contributed by atoms with Gasteiger partial charge in [-0.2, -0.15) is 0 Å². The molecule has 0 unspecified atom stereocenters. The van der Waals surface area contributed by atoms with Crippen LogP contribution in [-0.2, 0) is 9.53 Å². The summed E-state index contributed by atoms with van der Waals surface area (Å²) < 4.78 is 5.75. The van der Waals surface area contributed by atoms with Gasteiger partial charge >= 0.3 is 5.97 Å². The molecule has 1 aromatic carbocycles. The van der Waals surface area contributed by atoms with Crippen molar-refractivity contribution in [1.29, 1.82) is 0 Å². The third-order valence-corrected chi connectivity index (χ3v) is 2.69. The zero-order chi connectivity index (χ0) is 10.6. The SMILES string of the molecule is CC[C@@H](C(=O)OC)c1ccc(Br)cc1. The molecule has 2 nitrogen and oxygen atoms in total. The fraction of sp³-hybridized carbons (Fsp3) is 0.364. The molecule has 14 heavy (non-hydrogen) atoms. The summed E-state index contributed by atoms with van der Waals surface area (Å²) in [4.78, 5) is 11.4. The van der Waals surface area contributed by atoms with Gasteiger partial charge in [0.15, 0.2) is 0 Å². The Hall–Kier alpha value is -0.830. The van der Waals surface area contributed by atoms with E-state index in [9.17, 15) is 4.79 Å². The van der Waals surface area contributed by atoms with Crippen molar-refractivity contribution in [3.05, 3.63) is 34.3 Å². The maximum Gasteiger partial charge on any atom is 0.313 e. The molecule has 1 rings (SSSR count). The molecule has 1 atom stereocenters. The van der Waals surface area contributed by atoms with Gasteiger partial charge in [-0.3, -0.25) is 4.79 Å². The fourth-order valence-electron chi connectivity index (χ4n) is 1.38. The predicted octanol–water partition coefficient (Wildman–Crippen LogP) is 3.12. The number of benzene rings is 1. The first-order valence-corrected chi connectivity index (χ1v) is 5.31. The van der Waals surface area contributed by atoms with Crippen molar-refractivity contribution in [2.75, 3.05) is 7.11 Å². The van der Waals surface area contributed by atoms with Crippen LogP contribution in [0.15, 0.2) is 28.7 Å². The molecule has 3 heteroatoms. The van der Waals surface area contributed by atoms with E-state index in [1.165, 1.54) is 7.11 Å². The van der Waals surface area contributed by atoms with E-state index in [0.29, 0.717) is 0 Å². The average Bonchev–Trinajstić information content (AvgIpc) is 2.21. The molecule has 0 N–H and O–H groups in total. The molecule has 0 aliphatic rings. The van der Waals surface area contributed by atoms with Crippen LogP contribution >= 0.6 is 15.9 Å². The normalized spacial score (nSPS) is 12.2. The van der Waals surface area contributed by atoms with Crippen molar-refractivity contribution < 1.29 is 9.53 Å². The first-order chi connectivity index (χ1) is 6.69. The van der Waals surface area contributed by atoms with E-state index >= 15 is 0 Å². The molecule has 1 aromatic rings. The van der Waals surface area contributed by atoms with E-state index in [2.05, 4.69) is 15.9 Å². The van der Waals surface area contributed by atoms with Crippen LogP contribution < -0.4 is 0 Å². The number of esters is 1. The molecule has 76 valence electrons. The van der Waals surface area contributed by atoms with Gasteiger partial charge < -0.3 is 4.74 Å². The topological polar surface area (TPSA) is 26.3 Å². The smallest absolute Gasteiger partial charge is 0.313 e. The van der Waals surface area contributed by atoms with Crippen LogP contribution in [0.4, 0.5) is 0 Å². The van der Waals surface area contributed by atoms with Crippen molar-refractivity contribution >= 4 is 21.9 Å². The third-order valence-electron chi connectivity index (χ3n) is 2.17. The monoisotopic (exact) mass is 256 g/mol. The minimum absolute atomic E-state index is 0.145. The fourth-order valence-corrected chi connectivity index (χ4v) is 1.64. The lowest BCUT2D eigenvalue weighted by Gasteiger charge is -2.12. The molecule has 0 heterocycles. The van der Waals surface area contributed by atoms with Crippen molar-refractivity contribution in [1.82, 2.24) is 0 Å². The van der Waals surface area contributed by atoms with Crippen LogP contribution in [0.3, 0.4) is 0 Å². The van der Waals surface area contributed by atoms with Gasteiger partial charge in [0, 0.05) is 4.47 Å². The molecule has 0 aromatic heterocycles. The maximum absolute atomic E-state index is 11.4. The summed E-state index contributed by atoms with van der Waals surface area (Å²) in [7, 11) is 1.42. The summed E-state index contributed by atoms with van der Waals surface area (Å²) in [5.41, 5.74) is 1.00. The number of methoxy groups -OCH3 is 1. The summed E-state index contributed by atoms with van der Waals surface area (Å²) in [5.74, 6) is -0.317. The molecule has 0 spiro atoms. The van der Waals surface area contributed by atoms with Gasteiger partial charge in [-0.05, 0) is 24.1 Å². The second kappa shape index (κ2) is 5.15. The Labute approximate surface area is 92.4 Å². The molecule has 0 fully saturated rings. The highest BCUT2D eigenvalue weighted by molar-refractivity contribution is 9.10. The maximum atomic E-state index is 11.4. The lowest BCUT2D eigenvalue weighted by molar-refractivity contribution is -0.142. The van der Waals surface area contributed by atoms with Crippen molar-refractivity contribution in [2.45, 2.75) is 19.3 Å². The van der Waals surface area contributed by atoms with Crippen LogP contribution in [0.5, 0.6) is 0 Å². The zero-order valence-corrected chi connectivity index (χ0v) is 9.87. The van der Waals surface area contributed by atoms with Crippen molar-refractivity contribution in [3.63, 3.8) is 0 Å². The highest BCUT2D eigenvalue weighted by Crippen LogP contribution is 2.22. The first kappa shape index (κ1) is 11.2. The van der Waals surface area contributed by atoms with Crippen LogP contribution in [0.2, 0.25) is 0 Å². The summed E-state index contributed by atoms with van der Waals surface area (Å²) in [6.07, 6.45) is 0.758. The molecule has 0 amide bonds. The highest BCUT2D eigenvalue weighted by Gasteiger charge is 2.18. The molecular formula is C11H13BrO2. The largest absolute Gasteiger partial charge is 0.469 e. The number of rotatable bonds is 3. The number of carbonyl (C=O) groups excluding carboxylic acids is 1. The van der Waals surface area contributed by atoms with Crippen LogP contribution in [0, 0.1) is 0 Å². The van der Waals surface area contributed by atoms with Gasteiger partial charge in [-0.25, -0.2) is 0 Å². The molecule has 0 aliphatic carbocycles. The number of hydrogen-bond donors (Lipinski definition) is 0. The zero-order valence-electron chi connectivity index (χ0n) is 8.29. The number of halogens is 1. The quantitative estimate of drug-likeness (QED) is 0.777. The Morgan fingerprint density at radius 1 is 1.43 bits per heavy atom. The lowest BCUT2D eigenvalue weighted by atomic mass is 9.97. The number of ether oxygens (including phenoxy) is 1. The average molecular weight is 257 g/mol. The van der Waals surface area contributed by atoms with Crippen molar-refractivity contribution in [3.8, 4) is 0 Å². The van der Waals surface area contributed by atoms with Gasteiger partial charge in [-0.1, -0.05) is 35.0 Å². The summed E-state index contributed by atoms with van der Waals surface area (Å²) in [5, 5.41) is 0. The molecular weight excluding hydrogens is 244 g/mol. The summed E-state index contributed by atoms with van der Waals surface area (Å²) in [6.45, 7) is 1.98. The van der Waals surface area contributed by atoms with Gasteiger partial charge in [0.2, 0.25) is 0 Å². The van der Waals surface area contributed by atoms with E-state index in [4.69, 9.17) is 4.74 Å². The van der Waals surface area contributed by atoms with Crippen LogP contribution in [-0.4, -0.2) is 13.1 Å². The lowest BCUT2D eigenvalue weighted by Crippen LogP contribution is -2.13. The Kier molecular flexibility index (Phi) is 4.14. The van der Waals surface area contributed by atoms with Crippen molar-refractivity contribution in [2.24, 2.45) is 0 Å². The highest BCUT2D eigenvalue weighted by atomic mass is 79.9. The van der Waals surface area contributed by atoms with E-state index in [1.807, 2.05) is 31.2 Å².